The van der Waals surface area contributed by atoms with Crippen molar-refractivity contribution >= 4 is 0 Å². The Labute approximate surface area is 175 Å². The molecule has 2 rings (SSSR count). The molecule has 0 unspecified atom stereocenters. The van der Waals surface area contributed by atoms with Gasteiger partial charge in [0.1, 0.15) is 0 Å². The Balaban J connectivity index is 2.32. The maximum absolute atomic E-state index is 2.61. The molecule has 28 heavy (non-hydrogen) atoms. The summed E-state index contributed by atoms with van der Waals surface area (Å²) < 4.78 is 0. The Morgan fingerprint density at radius 1 is 0.893 bits per heavy atom. The van der Waals surface area contributed by atoms with Gasteiger partial charge in [0.2, 0.25) is 0 Å². The van der Waals surface area contributed by atoms with Gasteiger partial charge in [0.25, 0.3) is 0 Å². The molecule has 0 radical (unpaired) electrons. The van der Waals surface area contributed by atoms with E-state index in [0.717, 1.165) is 6.42 Å². The highest BCUT2D eigenvalue weighted by molar-refractivity contribution is 5.47. The van der Waals surface area contributed by atoms with Gasteiger partial charge in [-0.1, -0.05) is 89.8 Å². The van der Waals surface area contributed by atoms with Crippen molar-refractivity contribution in [2.24, 2.45) is 0 Å². The third-order valence-corrected chi connectivity index (χ3v) is 6.89. The van der Waals surface area contributed by atoms with Gasteiger partial charge in [0, 0.05) is 0 Å². The predicted octanol–water partition coefficient (Wildman–Crippen LogP) is 8.61. The van der Waals surface area contributed by atoms with Crippen LogP contribution in [0.1, 0.15) is 116 Å². The fourth-order valence-corrected chi connectivity index (χ4v) is 4.52. The number of unbranched alkanes of at least 4 members (excludes halogenated alkanes) is 3. The van der Waals surface area contributed by atoms with Gasteiger partial charge in [0.05, 0.1) is 0 Å². The second-order valence-corrected chi connectivity index (χ2v) is 10.2. The minimum Gasteiger partial charge on any atom is -0.0847 e. The van der Waals surface area contributed by atoms with Crippen molar-refractivity contribution in [1.82, 2.24) is 0 Å². The van der Waals surface area contributed by atoms with Crippen LogP contribution in [0.25, 0.3) is 0 Å². The first-order valence-corrected chi connectivity index (χ1v) is 11.7. The Hall–Kier alpha value is -1.30. The number of benzene rings is 1. The SMILES string of the molecule is C/C=C(C)/C=C/CCc1cc2c(cc1CCCCCC)C(C)(C)CCC2(C)C. The smallest absolute Gasteiger partial charge is 0.0100 e. The maximum Gasteiger partial charge on any atom is -0.0100 e. The first-order valence-electron chi connectivity index (χ1n) is 11.7. The Morgan fingerprint density at radius 3 is 2.00 bits per heavy atom. The largest absolute Gasteiger partial charge is 0.0847 e. The molecule has 1 aromatic rings. The van der Waals surface area contributed by atoms with Crippen LogP contribution in [-0.2, 0) is 23.7 Å². The minimum absolute atomic E-state index is 0.303. The molecular formula is C28H44. The second-order valence-electron chi connectivity index (χ2n) is 10.2. The van der Waals surface area contributed by atoms with E-state index in [1.165, 1.54) is 56.9 Å². The molecule has 0 heteroatoms. The highest BCUT2D eigenvalue weighted by atomic mass is 14.4. The highest BCUT2D eigenvalue weighted by Gasteiger charge is 2.37. The standard InChI is InChI=1S/C28H44/c1-8-10-11-12-16-23-20-25-26(28(6,7)19-18-27(25,4)5)21-24(23)17-14-13-15-22(3)9-2/h9,13,15,20-21H,8,10-12,14,16-19H2,1-7H3/b15-13+,22-9+. The summed E-state index contributed by atoms with van der Waals surface area (Å²) in [5.74, 6) is 0. The molecule has 0 heterocycles. The lowest BCUT2D eigenvalue weighted by Crippen LogP contribution is -2.34. The van der Waals surface area contributed by atoms with Crippen LogP contribution in [-0.4, -0.2) is 0 Å². The quantitative estimate of drug-likeness (QED) is 0.297. The lowest BCUT2D eigenvalue weighted by molar-refractivity contribution is 0.331. The number of hydrogen-bond donors (Lipinski definition) is 0. The van der Waals surface area contributed by atoms with Crippen LogP contribution in [0, 0.1) is 0 Å². The lowest BCUT2D eigenvalue weighted by Gasteiger charge is -2.42. The number of fused-ring (bicyclic) bond motifs is 1. The maximum atomic E-state index is 2.61. The first-order chi connectivity index (χ1) is 13.2. The lowest BCUT2D eigenvalue weighted by atomic mass is 9.62. The minimum atomic E-state index is 0.303. The zero-order chi connectivity index (χ0) is 20.8. The van der Waals surface area contributed by atoms with E-state index in [1.807, 2.05) is 0 Å². The molecule has 0 nitrogen and oxygen atoms in total. The van der Waals surface area contributed by atoms with Crippen LogP contribution in [0.3, 0.4) is 0 Å². The van der Waals surface area contributed by atoms with Gasteiger partial charge < -0.3 is 0 Å². The topological polar surface area (TPSA) is 0 Å². The van der Waals surface area contributed by atoms with Crippen molar-refractivity contribution in [3.8, 4) is 0 Å². The summed E-state index contributed by atoms with van der Waals surface area (Å²) in [4.78, 5) is 0. The van der Waals surface area contributed by atoms with Crippen molar-refractivity contribution in [2.75, 3.05) is 0 Å². The molecule has 0 N–H and O–H groups in total. The molecule has 1 aromatic carbocycles. The van der Waals surface area contributed by atoms with E-state index in [4.69, 9.17) is 0 Å². The summed E-state index contributed by atoms with van der Waals surface area (Å²) in [5, 5.41) is 0. The molecular weight excluding hydrogens is 336 g/mol. The van der Waals surface area contributed by atoms with Crippen molar-refractivity contribution < 1.29 is 0 Å². The van der Waals surface area contributed by atoms with E-state index >= 15 is 0 Å². The van der Waals surface area contributed by atoms with Crippen molar-refractivity contribution in [2.45, 2.75) is 117 Å². The van der Waals surface area contributed by atoms with E-state index < -0.39 is 0 Å². The Kier molecular flexibility index (Phi) is 8.17. The highest BCUT2D eigenvalue weighted by Crippen LogP contribution is 2.46. The summed E-state index contributed by atoms with van der Waals surface area (Å²) in [5.41, 5.74) is 8.43. The fraction of sp³-hybridized carbons (Fsp3) is 0.643. The molecule has 1 aliphatic carbocycles. The average Bonchev–Trinajstić information content (AvgIpc) is 2.66. The van der Waals surface area contributed by atoms with Crippen LogP contribution in [0.4, 0.5) is 0 Å². The summed E-state index contributed by atoms with van der Waals surface area (Å²) in [6.07, 6.45) is 18.3. The molecule has 0 aromatic heterocycles. The molecule has 0 amide bonds. The summed E-state index contributed by atoms with van der Waals surface area (Å²) in [6, 6.07) is 5.21. The molecule has 156 valence electrons. The van der Waals surface area contributed by atoms with E-state index in [9.17, 15) is 0 Å². The monoisotopic (exact) mass is 380 g/mol. The van der Waals surface area contributed by atoms with Gasteiger partial charge >= 0.3 is 0 Å². The van der Waals surface area contributed by atoms with Crippen LogP contribution in [0.15, 0.2) is 35.9 Å². The summed E-state index contributed by atoms with van der Waals surface area (Å²) in [7, 11) is 0. The van der Waals surface area contributed by atoms with Crippen molar-refractivity contribution in [3.05, 3.63) is 58.2 Å². The van der Waals surface area contributed by atoms with E-state index in [2.05, 4.69) is 78.8 Å². The number of allylic oxidation sites excluding steroid dienone is 4. The summed E-state index contributed by atoms with van der Waals surface area (Å²) in [6.45, 7) is 16.4. The van der Waals surface area contributed by atoms with Crippen LogP contribution >= 0.6 is 0 Å². The van der Waals surface area contributed by atoms with E-state index in [-0.39, 0.29) is 0 Å². The first kappa shape index (κ1) is 23.0. The van der Waals surface area contributed by atoms with E-state index in [1.54, 1.807) is 22.3 Å². The molecule has 0 atom stereocenters. The van der Waals surface area contributed by atoms with Crippen LogP contribution in [0.5, 0.6) is 0 Å². The van der Waals surface area contributed by atoms with Gasteiger partial charge in [-0.15, -0.1) is 0 Å². The van der Waals surface area contributed by atoms with Crippen LogP contribution in [0.2, 0.25) is 0 Å². The zero-order valence-corrected chi connectivity index (χ0v) is 19.8. The molecule has 0 saturated carbocycles. The molecule has 0 spiro atoms. The third-order valence-electron chi connectivity index (χ3n) is 6.89. The second kappa shape index (κ2) is 9.95. The fourth-order valence-electron chi connectivity index (χ4n) is 4.52. The van der Waals surface area contributed by atoms with Gasteiger partial charge in [0.15, 0.2) is 0 Å². The van der Waals surface area contributed by atoms with Crippen LogP contribution < -0.4 is 0 Å². The molecule has 1 aliphatic rings. The van der Waals surface area contributed by atoms with Crippen molar-refractivity contribution in [1.29, 1.82) is 0 Å². The molecule has 0 aliphatic heterocycles. The third kappa shape index (κ3) is 5.85. The molecule has 0 fully saturated rings. The summed E-state index contributed by atoms with van der Waals surface area (Å²) >= 11 is 0. The number of hydrogen-bond acceptors (Lipinski definition) is 0. The normalized spacial score (nSPS) is 18.5. The van der Waals surface area contributed by atoms with E-state index in [0.29, 0.717) is 10.8 Å². The van der Waals surface area contributed by atoms with Gasteiger partial charge in [-0.05, 0) is 85.5 Å². The van der Waals surface area contributed by atoms with Crippen molar-refractivity contribution in [3.63, 3.8) is 0 Å². The Bertz CT molecular complexity index is 697. The zero-order valence-electron chi connectivity index (χ0n) is 19.8. The van der Waals surface area contributed by atoms with Gasteiger partial charge in [-0.3, -0.25) is 0 Å². The predicted molar refractivity (Wildman–Crippen MR) is 126 cm³/mol. The molecule has 0 saturated heterocycles. The average molecular weight is 381 g/mol. The number of rotatable bonds is 9. The van der Waals surface area contributed by atoms with Gasteiger partial charge in [-0.25, -0.2) is 0 Å². The molecule has 0 bridgehead atoms. The van der Waals surface area contributed by atoms with Gasteiger partial charge in [-0.2, -0.15) is 0 Å². The number of aryl methyl sites for hydroxylation is 2. The Morgan fingerprint density at radius 2 is 1.46 bits per heavy atom.